The molecular weight excluding hydrogens is 486 g/mol. The summed E-state index contributed by atoms with van der Waals surface area (Å²) in [6.07, 6.45) is 6.36. The van der Waals surface area contributed by atoms with Gasteiger partial charge < -0.3 is 22.6 Å². The van der Waals surface area contributed by atoms with Crippen molar-refractivity contribution in [2.24, 2.45) is 5.92 Å². The molecular formula is C30H36ClN3OS. The van der Waals surface area contributed by atoms with Crippen LogP contribution in [-0.4, -0.2) is 35.4 Å². The van der Waals surface area contributed by atoms with E-state index in [1.807, 2.05) is 11.3 Å². The molecule has 36 heavy (non-hydrogen) atoms. The van der Waals surface area contributed by atoms with Crippen molar-refractivity contribution in [3.05, 3.63) is 87.4 Å². The first-order valence-electron chi connectivity index (χ1n) is 13.4. The second-order valence-corrected chi connectivity index (χ2v) is 11.7. The molecule has 6 heteroatoms. The minimum atomic E-state index is -0.0345. The van der Waals surface area contributed by atoms with Crippen LogP contribution in [0.4, 0.5) is 0 Å². The average Bonchev–Trinajstić information content (AvgIpc) is 3.54. The van der Waals surface area contributed by atoms with E-state index in [0.717, 1.165) is 58.2 Å². The summed E-state index contributed by atoms with van der Waals surface area (Å²) < 4.78 is 0. The molecule has 0 unspecified atom stereocenters. The Morgan fingerprint density at radius 1 is 1.11 bits per heavy atom. The number of rotatable bonds is 4. The lowest BCUT2D eigenvalue weighted by atomic mass is 9.68. The Hall–Kier alpha value is -2.21. The number of thiazole rings is 1. The van der Waals surface area contributed by atoms with Gasteiger partial charge in [0.25, 0.3) is 0 Å². The zero-order chi connectivity index (χ0) is 23.8. The number of aromatic nitrogens is 1. The average molecular weight is 522 g/mol. The number of carbonyl (C=O) groups excluding carboxylic acids is 1. The van der Waals surface area contributed by atoms with Gasteiger partial charge >= 0.3 is 0 Å². The van der Waals surface area contributed by atoms with Gasteiger partial charge in [0.15, 0.2) is 0 Å². The molecule has 4 nitrogen and oxygen atoms in total. The molecule has 190 valence electrons. The monoisotopic (exact) mass is 521 g/mol. The maximum atomic E-state index is 14.5. The smallest absolute Gasteiger partial charge is 0.233 e. The van der Waals surface area contributed by atoms with Crippen molar-refractivity contribution < 1.29 is 22.5 Å². The highest BCUT2D eigenvalue weighted by atomic mass is 35.5. The molecule has 2 N–H and O–H groups in total. The van der Waals surface area contributed by atoms with Gasteiger partial charge in [-0.15, -0.1) is 11.3 Å². The lowest BCUT2D eigenvalue weighted by Gasteiger charge is -2.43. The van der Waals surface area contributed by atoms with Crippen LogP contribution >= 0.6 is 11.3 Å². The minimum Gasteiger partial charge on any atom is -1.00 e. The SMILES string of the molecule is CCc1nc2c(s1)[C@]1(CCC2)C[NH2+]C[C@H]1C(=O)N1CC[C@@H](c2ccccc2)C[C@H]1c1ccccc1.[Cl-]. The number of nitrogens with zero attached hydrogens (tertiary/aromatic N) is 2. The van der Waals surface area contributed by atoms with Crippen molar-refractivity contribution >= 4 is 17.2 Å². The van der Waals surface area contributed by atoms with Crippen LogP contribution in [0.1, 0.15) is 71.3 Å². The zero-order valence-electron chi connectivity index (χ0n) is 21.0. The fourth-order valence-corrected chi connectivity index (χ4v) is 8.32. The number of aryl methyl sites for hydroxylation is 2. The van der Waals surface area contributed by atoms with Crippen LogP contribution in [0.15, 0.2) is 60.7 Å². The Morgan fingerprint density at radius 2 is 1.83 bits per heavy atom. The van der Waals surface area contributed by atoms with E-state index in [0.29, 0.717) is 11.8 Å². The first kappa shape index (κ1) is 25.4. The van der Waals surface area contributed by atoms with Gasteiger partial charge in [0.2, 0.25) is 5.91 Å². The minimum absolute atomic E-state index is 0. The molecule has 0 radical (unpaired) electrons. The van der Waals surface area contributed by atoms with E-state index in [-0.39, 0.29) is 29.8 Å². The summed E-state index contributed by atoms with van der Waals surface area (Å²) in [7, 11) is 0. The number of halogens is 1. The van der Waals surface area contributed by atoms with Crippen molar-refractivity contribution in [2.45, 2.75) is 62.8 Å². The molecule has 6 rings (SSSR count). The molecule has 4 atom stereocenters. The van der Waals surface area contributed by atoms with Crippen LogP contribution in [0.2, 0.25) is 0 Å². The second-order valence-electron chi connectivity index (χ2n) is 10.6. The van der Waals surface area contributed by atoms with E-state index < -0.39 is 0 Å². The fraction of sp³-hybridized carbons (Fsp3) is 0.467. The lowest BCUT2D eigenvalue weighted by molar-refractivity contribution is -0.640. The fourth-order valence-electron chi connectivity index (χ4n) is 6.98. The summed E-state index contributed by atoms with van der Waals surface area (Å²) in [5, 5.41) is 3.64. The topological polar surface area (TPSA) is 49.8 Å². The van der Waals surface area contributed by atoms with Gasteiger partial charge in [0, 0.05) is 11.4 Å². The third-order valence-electron chi connectivity index (χ3n) is 8.75. The molecule has 1 amide bonds. The van der Waals surface area contributed by atoms with Gasteiger partial charge in [-0.05, 0) is 55.6 Å². The van der Waals surface area contributed by atoms with E-state index in [2.05, 4.69) is 77.8 Å². The number of hydrogen-bond acceptors (Lipinski definition) is 3. The molecule has 0 bridgehead atoms. The Labute approximate surface area is 224 Å². The quantitative estimate of drug-likeness (QED) is 0.567. The summed E-state index contributed by atoms with van der Waals surface area (Å²) >= 11 is 1.89. The molecule has 1 aromatic heterocycles. The number of nitrogens with two attached hydrogens (primary N) is 1. The Kier molecular flexibility index (Phi) is 7.52. The molecule has 1 spiro atoms. The molecule has 2 aromatic carbocycles. The zero-order valence-corrected chi connectivity index (χ0v) is 22.6. The van der Waals surface area contributed by atoms with Crippen molar-refractivity contribution in [1.82, 2.24) is 9.88 Å². The molecule has 3 heterocycles. The highest BCUT2D eigenvalue weighted by Gasteiger charge is 2.56. The van der Waals surface area contributed by atoms with Gasteiger partial charge in [0.05, 0.1) is 35.2 Å². The normalized spacial score (nSPS) is 27.5. The van der Waals surface area contributed by atoms with Crippen LogP contribution in [0.3, 0.4) is 0 Å². The number of likely N-dealkylation sites (tertiary alicyclic amines) is 1. The summed E-state index contributed by atoms with van der Waals surface area (Å²) in [5.41, 5.74) is 3.93. The van der Waals surface area contributed by atoms with Gasteiger partial charge in [-0.2, -0.15) is 0 Å². The van der Waals surface area contributed by atoms with Crippen LogP contribution in [0.25, 0.3) is 0 Å². The molecule has 3 aromatic rings. The maximum Gasteiger partial charge on any atom is 0.233 e. The van der Waals surface area contributed by atoms with Gasteiger partial charge in [-0.3, -0.25) is 4.79 Å². The first-order chi connectivity index (χ1) is 17.2. The number of fused-ring (bicyclic) bond motifs is 2. The van der Waals surface area contributed by atoms with Crippen molar-refractivity contribution in [2.75, 3.05) is 19.6 Å². The summed E-state index contributed by atoms with van der Waals surface area (Å²) in [6.45, 7) is 4.96. The first-order valence-corrected chi connectivity index (χ1v) is 14.2. The molecule has 2 fully saturated rings. The third-order valence-corrected chi connectivity index (χ3v) is 10.2. The van der Waals surface area contributed by atoms with E-state index in [4.69, 9.17) is 4.98 Å². The predicted molar refractivity (Wildman–Crippen MR) is 141 cm³/mol. The Morgan fingerprint density at radius 3 is 2.56 bits per heavy atom. The Balaban J connectivity index is 0.00000267. The van der Waals surface area contributed by atoms with Crippen molar-refractivity contribution in [1.29, 1.82) is 0 Å². The van der Waals surface area contributed by atoms with Gasteiger partial charge in [0.1, 0.15) is 5.92 Å². The standard InChI is InChI=1S/C30H35N3OS.ClH/c1-2-27-32-25-14-9-16-30(28(25)35-27)20-31-19-24(30)29(34)33-17-15-23(21-10-5-3-6-11-21)18-26(33)22-12-7-4-8-13-22;/h3-8,10-13,23-24,26,31H,2,9,14-20H2,1H3;1H/t23-,24+,26+,30-;/m1./s1. The summed E-state index contributed by atoms with van der Waals surface area (Å²) in [5.74, 6) is 0.911. The number of amides is 1. The van der Waals surface area contributed by atoms with E-state index in [1.54, 1.807) is 0 Å². The van der Waals surface area contributed by atoms with E-state index in [1.165, 1.54) is 26.7 Å². The molecule has 2 saturated heterocycles. The largest absolute Gasteiger partial charge is 1.00 e. The van der Waals surface area contributed by atoms with Crippen LogP contribution in [0, 0.1) is 5.92 Å². The second kappa shape index (κ2) is 10.6. The molecule has 2 aliphatic heterocycles. The highest BCUT2D eigenvalue weighted by molar-refractivity contribution is 7.12. The molecule has 1 aliphatic carbocycles. The number of quaternary nitrogens is 1. The van der Waals surface area contributed by atoms with E-state index in [9.17, 15) is 4.79 Å². The number of carbonyl (C=O) groups is 1. The number of piperidine rings is 1. The van der Waals surface area contributed by atoms with Crippen molar-refractivity contribution in [3.63, 3.8) is 0 Å². The summed E-state index contributed by atoms with van der Waals surface area (Å²) in [4.78, 5) is 23.2. The molecule has 0 saturated carbocycles. The van der Waals surface area contributed by atoms with Crippen molar-refractivity contribution in [3.8, 4) is 0 Å². The summed E-state index contributed by atoms with van der Waals surface area (Å²) in [6, 6.07) is 21.8. The third kappa shape index (κ3) is 4.40. The van der Waals surface area contributed by atoms with Gasteiger partial charge in [-0.1, -0.05) is 67.6 Å². The van der Waals surface area contributed by atoms with Gasteiger partial charge in [-0.25, -0.2) is 4.98 Å². The maximum absolute atomic E-state index is 14.5. The lowest BCUT2D eigenvalue weighted by Crippen LogP contribution is -3.00. The number of hydrogen-bond donors (Lipinski definition) is 1. The highest BCUT2D eigenvalue weighted by Crippen LogP contribution is 2.48. The molecule has 3 aliphatic rings. The van der Waals surface area contributed by atoms with Crippen LogP contribution in [-0.2, 0) is 23.1 Å². The predicted octanol–water partition coefficient (Wildman–Crippen LogP) is 1.62. The number of benzene rings is 2. The van der Waals surface area contributed by atoms with Crippen LogP contribution in [0.5, 0.6) is 0 Å². The Bertz CT molecular complexity index is 1180. The van der Waals surface area contributed by atoms with Crippen LogP contribution < -0.4 is 17.7 Å². The van der Waals surface area contributed by atoms with E-state index >= 15 is 0 Å².